The highest BCUT2D eigenvalue weighted by molar-refractivity contribution is 6.10. The average molecular weight is 654 g/mol. The van der Waals surface area contributed by atoms with Crippen molar-refractivity contribution in [1.29, 1.82) is 0 Å². The van der Waals surface area contributed by atoms with E-state index in [1.54, 1.807) is 0 Å². The summed E-state index contributed by atoms with van der Waals surface area (Å²) >= 11 is 0. The molecule has 51 heavy (non-hydrogen) atoms. The van der Waals surface area contributed by atoms with Gasteiger partial charge in [-0.05, 0) is 69.6 Å². The van der Waals surface area contributed by atoms with E-state index in [2.05, 4.69) is 103 Å². The summed E-state index contributed by atoms with van der Waals surface area (Å²) in [6.07, 6.45) is 6.29. The molecule has 0 radical (unpaired) electrons. The third-order valence-electron chi connectivity index (χ3n) is 10.0. The molecule has 1 aliphatic carbocycles. The van der Waals surface area contributed by atoms with Crippen LogP contribution in [0.3, 0.4) is 0 Å². The summed E-state index contributed by atoms with van der Waals surface area (Å²) in [7, 11) is 0. The molecule has 240 valence electrons. The second-order valence-electron chi connectivity index (χ2n) is 13.1. The fourth-order valence-corrected chi connectivity index (χ4v) is 7.47. The maximum absolute atomic E-state index is 6.65. The maximum atomic E-state index is 6.65. The van der Waals surface area contributed by atoms with Gasteiger partial charge in [0.05, 0.1) is 0 Å². The van der Waals surface area contributed by atoms with Crippen molar-refractivity contribution in [2.24, 2.45) is 0 Å². The number of nitrogens with zero attached hydrogens (tertiary/aromatic N) is 3. The van der Waals surface area contributed by atoms with E-state index < -0.39 is 0 Å². The van der Waals surface area contributed by atoms with Crippen LogP contribution in [-0.2, 0) is 6.42 Å². The lowest BCUT2D eigenvalue weighted by molar-refractivity contribution is 0.661. The number of hydrogen-bond acceptors (Lipinski definition) is 4. The molecule has 0 atom stereocenters. The summed E-state index contributed by atoms with van der Waals surface area (Å²) < 4.78 is 6.65. The molecule has 0 saturated heterocycles. The molecule has 2 heterocycles. The van der Waals surface area contributed by atoms with Crippen LogP contribution in [0.15, 0.2) is 162 Å². The maximum Gasteiger partial charge on any atom is 0.164 e. The number of aromatic nitrogens is 3. The van der Waals surface area contributed by atoms with E-state index in [0.717, 1.165) is 68.2 Å². The van der Waals surface area contributed by atoms with E-state index in [9.17, 15) is 0 Å². The molecule has 0 spiro atoms. The van der Waals surface area contributed by atoms with Gasteiger partial charge in [0, 0.05) is 33.0 Å². The van der Waals surface area contributed by atoms with Crippen LogP contribution in [0.5, 0.6) is 0 Å². The molecule has 0 N–H and O–H groups in total. The van der Waals surface area contributed by atoms with Gasteiger partial charge in [0.25, 0.3) is 0 Å². The van der Waals surface area contributed by atoms with Gasteiger partial charge >= 0.3 is 0 Å². The molecular weight excluding hydrogens is 623 g/mol. The lowest BCUT2D eigenvalue weighted by atomic mass is 9.90. The van der Waals surface area contributed by atoms with Crippen molar-refractivity contribution < 1.29 is 4.42 Å². The predicted molar refractivity (Wildman–Crippen MR) is 209 cm³/mol. The number of furan rings is 1. The highest BCUT2D eigenvalue weighted by Crippen LogP contribution is 2.42. The highest BCUT2D eigenvalue weighted by Gasteiger charge is 2.23. The monoisotopic (exact) mass is 653 g/mol. The minimum atomic E-state index is 0.652. The molecule has 4 nitrogen and oxygen atoms in total. The van der Waals surface area contributed by atoms with Crippen molar-refractivity contribution in [3.8, 4) is 56.4 Å². The number of fused-ring (bicyclic) bond motifs is 6. The van der Waals surface area contributed by atoms with Gasteiger partial charge in [-0.15, -0.1) is 0 Å². The summed E-state index contributed by atoms with van der Waals surface area (Å²) in [6, 6.07) is 53.0. The van der Waals surface area contributed by atoms with Gasteiger partial charge in [0.15, 0.2) is 17.5 Å². The van der Waals surface area contributed by atoms with Crippen molar-refractivity contribution >= 4 is 38.8 Å². The first kappa shape index (κ1) is 29.3. The molecule has 0 unspecified atom stereocenters. The molecule has 1 aliphatic rings. The Hall–Kier alpha value is -6.65. The Morgan fingerprint density at radius 3 is 1.86 bits per heavy atom. The fraction of sp³-hybridized carbons (Fsp3) is 0.0426. The molecular formula is C47H31N3O. The average Bonchev–Trinajstić information content (AvgIpc) is 3.59. The Bertz CT molecular complexity index is 2720. The number of benzene rings is 7. The third kappa shape index (κ3) is 5.12. The number of allylic oxidation sites excluding steroid dienone is 1. The van der Waals surface area contributed by atoms with Crippen LogP contribution in [0.1, 0.15) is 17.5 Å². The summed E-state index contributed by atoms with van der Waals surface area (Å²) in [5.74, 6) is 1.96. The van der Waals surface area contributed by atoms with E-state index in [1.165, 1.54) is 27.5 Å². The van der Waals surface area contributed by atoms with Gasteiger partial charge in [-0.2, -0.15) is 0 Å². The number of rotatable bonds is 5. The molecule has 2 aromatic heterocycles. The predicted octanol–water partition coefficient (Wildman–Crippen LogP) is 12.2. The highest BCUT2D eigenvalue weighted by atomic mass is 16.3. The normalized spacial score (nSPS) is 12.5. The van der Waals surface area contributed by atoms with Crippen molar-refractivity contribution in [1.82, 2.24) is 15.0 Å². The van der Waals surface area contributed by atoms with Crippen LogP contribution in [0.25, 0.3) is 95.2 Å². The topological polar surface area (TPSA) is 51.8 Å². The van der Waals surface area contributed by atoms with E-state index in [0.29, 0.717) is 17.5 Å². The van der Waals surface area contributed by atoms with Crippen molar-refractivity contribution in [2.75, 3.05) is 0 Å². The number of aryl methyl sites for hydroxylation is 1. The van der Waals surface area contributed by atoms with E-state index in [-0.39, 0.29) is 0 Å². The van der Waals surface area contributed by atoms with Gasteiger partial charge in [-0.25, -0.2) is 15.0 Å². The van der Waals surface area contributed by atoms with Crippen LogP contribution < -0.4 is 0 Å². The first-order valence-electron chi connectivity index (χ1n) is 17.4. The molecule has 9 aromatic rings. The lowest BCUT2D eigenvalue weighted by Gasteiger charge is -2.16. The SMILES string of the molecule is C1=Cc2c(-c3nc(-c4ccccc4)nc(-c4ccccc4)n3)cc3c(oc4ccc(-c5ccc(-c6cccc7ccccc67)cc5)cc43)c2CC1. The summed E-state index contributed by atoms with van der Waals surface area (Å²) in [4.78, 5) is 15.2. The molecule has 7 aromatic carbocycles. The van der Waals surface area contributed by atoms with Crippen LogP contribution in [0, 0.1) is 0 Å². The van der Waals surface area contributed by atoms with Crippen LogP contribution in [0.2, 0.25) is 0 Å². The quantitative estimate of drug-likeness (QED) is 0.185. The minimum absolute atomic E-state index is 0.652. The first-order valence-corrected chi connectivity index (χ1v) is 17.4. The van der Waals surface area contributed by atoms with Crippen LogP contribution in [0.4, 0.5) is 0 Å². The molecule has 4 heteroatoms. The summed E-state index contributed by atoms with van der Waals surface area (Å²) in [6.45, 7) is 0. The summed E-state index contributed by atoms with van der Waals surface area (Å²) in [5.41, 5.74) is 11.8. The smallest absolute Gasteiger partial charge is 0.164 e. The Morgan fingerprint density at radius 1 is 0.451 bits per heavy atom. The zero-order chi connectivity index (χ0) is 33.7. The Kier molecular flexibility index (Phi) is 6.91. The second-order valence-corrected chi connectivity index (χ2v) is 13.1. The molecule has 0 bridgehead atoms. The first-order chi connectivity index (χ1) is 25.3. The number of hydrogen-bond donors (Lipinski definition) is 0. The molecule has 0 amide bonds. The zero-order valence-corrected chi connectivity index (χ0v) is 27.8. The third-order valence-corrected chi connectivity index (χ3v) is 10.0. The molecule has 0 saturated carbocycles. The largest absolute Gasteiger partial charge is 0.456 e. The van der Waals surface area contributed by atoms with Gasteiger partial charge < -0.3 is 4.42 Å². The minimum Gasteiger partial charge on any atom is -0.456 e. The Morgan fingerprint density at radius 2 is 1.10 bits per heavy atom. The molecule has 10 rings (SSSR count). The fourth-order valence-electron chi connectivity index (χ4n) is 7.47. The van der Waals surface area contributed by atoms with Crippen molar-refractivity contribution in [2.45, 2.75) is 12.8 Å². The van der Waals surface area contributed by atoms with Gasteiger partial charge in [0.2, 0.25) is 0 Å². The molecule has 0 aliphatic heterocycles. The molecule has 0 fully saturated rings. The second kappa shape index (κ2) is 12.0. The van der Waals surface area contributed by atoms with Crippen molar-refractivity contribution in [3.05, 3.63) is 169 Å². The van der Waals surface area contributed by atoms with Crippen LogP contribution >= 0.6 is 0 Å². The van der Waals surface area contributed by atoms with E-state index in [4.69, 9.17) is 19.4 Å². The summed E-state index contributed by atoms with van der Waals surface area (Å²) in [5, 5.41) is 4.67. The van der Waals surface area contributed by atoms with E-state index >= 15 is 0 Å². The zero-order valence-electron chi connectivity index (χ0n) is 27.8. The van der Waals surface area contributed by atoms with Gasteiger partial charge in [0.1, 0.15) is 11.2 Å². The Balaban J connectivity index is 1.13. The standard InChI is InChI=1S/C47H31N3O/c1-3-13-33(14-4-1)45-48-46(34-15-5-2-6-16-34)50-47(49-45)42-29-41-40-28-35(26-27-43(40)51-44(41)39-20-10-9-19-38(39)42)30-22-24-32(25-23-30)37-21-11-17-31-12-7-8-18-36(31)37/h1-9,11-19,21-29H,10,20H2. The van der Waals surface area contributed by atoms with Gasteiger partial charge in [-0.1, -0.05) is 146 Å². The lowest BCUT2D eigenvalue weighted by Crippen LogP contribution is -2.03. The Labute approximate surface area is 295 Å². The van der Waals surface area contributed by atoms with Crippen LogP contribution in [-0.4, -0.2) is 15.0 Å². The van der Waals surface area contributed by atoms with E-state index in [1.807, 2.05) is 60.7 Å². The van der Waals surface area contributed by atoms with Gasteiger partial charge in [-0.3, -0.25) is 0 Å². The van der Waals surface area contributed by atoms with Crippen molar-refractivity contribution in [3.63, 3.8) is 0 Å².